The minimum Gasteiger partial charge on any atom is -0.436 e. The Morgan fingerprint density at radius 1 is 0.550 bits per heavy atom. The van der Waals surface area contributed by atoms with Crippen molar-refractivity contribution in [2.75, 3.05) is 0 Å². The van der Waals surface area contributed by atoms with E-state index in [0.29, 0.717) is 5.89 Å². The van der Waals surface area contributed by atoms with E-state index in [1.54, 1.807) is 0 Å². The van der Waals surface area contributed by atoms with Gasteiger partial charge in [-0.05, 0) is 83.9 Å². The summed E-state index contributed by atoms with van der Waals surface area (Å²) in [5.41, 5.74) is 10.1. The Morgan fingerprint density at radius 2 is 1.43 bits per heavy atom. The van der Waals surface area contributed by atoms with Crippen LogP contribution in [0.3, 0.4) is 0 Å². The molecule has 0 amide bonds. The maximum Gasteiger partial charge on any atom is 0.227 e. The molecule has 0 saturated heterocycles. The molecule has 0 radical (unpaired) electrons. The first-order valence-electron chi connectivity index (χ1n) is 13.2. The number of hydrogen-bond acceptors (Lipinski definition) is 4. The van der Waals surface area contributed by atoms with Gasteiger partial charge in [-0.15, -0.1) is 0 Å². The third-order valence-corrected chi connectivity index (χ3v) is 7.39. The van der Waals surface area contributed by atoms with Crippen molar-refractivity contribution < 1.29 is 4.42 Å². The first-order chi connectivity index (χ1) is 19.8. The summed E-state index contributed by atoms with van der Waals surface area (Å²) in [4.78, 5) is 13.5. The molecule has 0 N–H and O–H groups in total. The maximum atomic E-state index is 6.14. The molecule has 4 heterocycles. The third kappa shape index (κ3) is 3.68. The van der Waals surface area contributed by atoms with E-state index < -0.39 is 0 Å². The number of rotatable bonds is 4. The van der Waals surface area contributed by atoms with Crippen LogP contribution in [0.5, 0.6) is 0 Å². The van der Waals surface area contributed by atoms with Gasteiger partial charge in [-0.1, -0.05) is 42.5 Å². The average Bonchev–Trinajstić information content (AvgIpc) is 3.61. The van der Waals surface area contributed by atoms with E-state index >= 15 is 0 Å². The maximum absolute atomic E-state index is 6.14. The van der Waals surface area contributed by atoms with Crippen LogP contribution in [0.1, 0.15) is 0 Å². The second-order valence-corrected chi connectivity index (χ2v) is 9.79. The van der Waals surface area contributed by atoms with E-state index in [1.165, 1.54) is 5.39 Å². The molecule has 0 spiro atoms. The van der Waals surface area contributed by atoms with Crippen molar-refractivity contribution in [2.24, 2.45) is 0 Å². The predicted molar refractivity (Wildman–Crippen MR) is 160 cm³/mol. The van der Waals surface area contributed by atoms with Gasteiger partial charge in [-0.3, -0.25) is 9.97 Å². The molecule has 4 aromatic heterocycles. The van der Waals surface area contributed by atoms with Crippen LogP contribution < -0.4 is 0 Å². The molecule has 4 aromatic carbocycles. The molecule has 0 atom stereocenters. The largest absolute Gasteiger partial charge is 0.436 e. The van der Waals surface area contributed by atoms with Crippen molar-refractivity contribution in [3.63, 3.8) is 0 Å². The molecule has 0 unspecified atom stereocenters. The molecule has 5 nitrogen and oxygen atoms in total. The molecule has 8 aromatic rings. The molecule has 40 heavy (non-hydrogen) atoms. The number of pyridine rings is 2. The highest BCUT2D eigenvalue weighted by Gasteiger charge is 2.17. The molecule has 0 fully saturated rings. The van der Waals surface area contributed by atoms with Crippen LogP contribution in [-0.4, -0.2) is 19.5 Å². The zero-order valence-corrected chi connectivity index (χ0v) is 21.4. The lowest BCUT2D eigenvalue weighted by Crippen LogP contribution is -1.95. The van der Waals surface area contributed by atoms with Crippen LogP contribution >= 0.6 is 0 Å². The topological polar surface area (TPSA) is 56.7 Å². The average molecular weight is 515 g/mol. The number of para-hydroxylation sites is 2. The molecule has 0 bridgehead atoms. The van der Waals surface area contributed by atoms with Gasteiger partial charge >= 0.3 is 0 Å². The molecule has 0 aliphatic heterocycles. The summed E-state index contributed by atoms with van der Waals surface area (Å²) in [6.45, 7) is 0. The van der Waals surface area contributed by atoms with Gasteiger partial charge in [-0.2, -0.15) is 0 Å². The quantitative estimate of drug-likeness (QED) is 0.236. The SMILES string of the molecule is c1ccc(-c2cccc(-n3c4ccc(-c5ccncc5)cc4c4ccc(-c5nc6ccccc6o5)cc43)c2)nc1. The van der Waals surface area contributed by atoms with Crippen molar-refractivity contribution in [3.05, 3.63) is 134 Å². The van der Waals surface area contributed by atoms with Gasteiger partial charge in [0, 0.05) is 46.2 Å². The van der Waals surface area contributed by atoms with E-state index in [1.807, 2.05) is 73.2 Å². The lowest BCUT2D eigenvalue weighted by atomic mass is 10.0. The number of nitrogens with zero attached hydrogens (tertiary/aromatic N) is 4. The highest BCUT2D eigenvalue weighted by Crippen LogP contribution is 2.38. The zero-order chi connectivity index (χ0) is 26.5. The Labute approximate surface area is 230 Å². The minimum absolute atomic E-state index is 0.611. The molecule has 8 rings (SSSR count). The van der Waals surface area contributed by atoms with Crippen molar-refractivity contribution >= 4 is 32.9 Å². The normalized spacial score (nSPS) is 11.5. The fourth-order valence-corrected chi connectivity index (χ4v) is 5.49. The van der Waals surface area contributed by atoms with Crippen LogP contribution in [0.15, 0.2) is 138 Å². The van der Waals surface area contributed by atoms with Gasteiger partial charge in [0.25, 0.3) is 0 Å². The predicted octanol–water partition coefficient (Wildman–Crippen LogP) is 8.72. The lowest BCUT2D eigenvalue weighted by molar-refractivity contribution is 0.620. The summed E-state index contributed by atoms with van der Waals surface area (Å²) in [5.74, 6) is 0.611. The zero-order valence-electron chi connectivity index (χ0n) is 21.4. The molecule has 0 aliphatic rings. The molecule has 5 heteroatoms. The van der Waals surface area contributed by atoms with Crippen molar-refractivity contribution in [1.82, 2.24) is 19.5 Å². The summed E-state index contributed by atoms with van der Waals surface area (Å²) in [7, 11) is 0. The lowest BCUT2D eigenvalue weighted by Gasteiger charge is -2.11. The number of aromatic nitrogens is 4. The molecular weight excluding hydrogens is 492 g/mol. The second kappa shape index (κ2) is 9.03. The van der Waals surface area contributed by atoms with Crippen molar-refractivity contribution in [3.8, 4) is 39.5 Å². The summed E-state index contributed by atoms with van der Waals surface area (Å²) in [6, 6.07) is 39.6. The number of hydrogen-bond donors (Lipinski definition) is 0. The highest BCUT2D eigenvalue weighted by atomic mass is 16.3. The van der Waals surface area contributed by atoms with Crippen molar-refractivity contribution in [1.29, 1.82) is 0 Å². The Kier molecular flexibility index (Phi) is 5.07. The highest BCUT2D eigenvalue weighted by molar-refractivity contribution is 6.11. The van der Waals surface area contributed by atoms with Crippen molar-refractivity contribution in [2.45, 2.75) is 0 Å². The summed E-state index contributed by atoms with van der Waals surface area (Å²) < 4.78 is 8.46. The Hall–Kier alpha value is -5.55. The van der Waals surface area contributed by atoms with Gasteiger partial charge in [0.15, 0.2) is 5.58 Å². The van der Waals surface area contributed by atoms with E-state index in [-0.39, 0.29) is 0 Å². The van der Waals surface area contributed by atoms with Gasteiger partial charge in [0.05, 0.1) is 16.7 Å². The van der Waals surface area contributed by atoms with E-state index in [9.17, 15) is 0 Å². The summed E-state index contributed by atoms with van der Waals surface area (Å²) >= 11 is 0. The second-order valence-electron chi connectivity index (χ2n) is 9.79. The van der Waals surface area contributed by atoms with Crippen LogP contribution in [0, 0.1) is 0 Å². The Morgan fingerprint density at radius 3 is 2.30 bits per heavy atom. The van der Waals surface area contributed by atoms with Crippen LogP contribution in [0.25, 0.3) is 72.4 Å². The molecular formula is C35H22N4O. The summed E-state index contributed by atoms with van der Waals surface area (Å²) in [5, 5.41) is 2.34. The number of benzene rings is 4. The van der Waals surface area contributed by atoms with Gasteiger partial charge in [0.1, 0.15) is 5.52 Å². The fourth-order valence-electron chi connectivity index (χ4n) is 5.49. The summed E-state index contributed by atoms with van der Waals surface area (Å²) in [6.07, 6.45) is 5.49. The van der Waals surface area contributed by atoms with Crippen LogP contribution in [-0.2, 0) is 0 Å². The van der Waals surface area contributed by atoms with E-state index in [0.717, 1.165) is 61.2 Å². The monoisotopic (exact) mass is 514 g/mol. The van der Waals surface area contributed by atoms with E-state index in [4.69, 9.17) is 9.40 Å². The first-order valence-corrected chi connectivity index (χ1v) is 13.2. The fraction of sp³-hybridized carbons (Fsp3) is 0. The van der Waals surface area contributed by atoms with Gasteiger partial charge in [0.2, 0.25) is 5.89 Å². The van der Waals surface area contributed by atoms with E-state index in [2.05, 4.69) is 75.2 Å². The molecule has 188 valence electrons. The Bertz CT molecular complexity index is 2130. The van der Waals surface area contributed by atoms with Gasteiger partial charge in [-0.25, -0.2) is 4.98 Å². The van der Waals surface area contributed by atoms with Crippen LogP contribution in [0.2, 0.25) is 0 Å². The Balaban J connectivity index is 1.39. The molecule has 0 aliphatic carbocycles. The smallest absolute Gasteiger partial charge is 0.227 e. The number of oxazole rings is 1. The first kappa shape index (κ1) is 22.4. The molecule has 0 saturated carbocycles. The van der Waals surface area contributed by atoms with Gasteiger partial charge < -0.3 is 8.98 Å². The third-order valence-electron chi connectivity index (χ3n) is 7.39. The standard InChI is InChI=1S/C35H22N4O/c1-2-10-34-31(9-1)38-35(40-34)26-11-13-28-29-21-24(23-15-18-36-19-16-23)12-14-32(29)39(33(28)22-26)27-7-5-6-25(20-27)30-8-3-4-17-37-30/h1-22H. The van der Waals surface area contributed by atoms with Crippen LogP contribution in [0.4, 0.5) is 0 Å². The minimum atomic E-state index is 0.611. The number of fused-ring (bicyclic) bond motifs is 4.